The van der Waals surface area contributed by atoms with Crippen LogP contribution in [0, 0.1) is 0 Å². The van der Waals surface area contributed by atoms with Crippen molar-refractivity contribution in [3.8, 4) is 11.5 Å². The van der Waals surface area contributed by atoms with E-state index < -0.39 is 12.0 Å². The highest BCUT2D eigenvalue weighted by Gasteiger charge is 2.33. The summed E-state index contributed by atoms with van der Waals surface area (Å²) in [4.78, 5) is 31.6. The van der Waals surface area contributed by atoms with Crippen LogP contribution in [-0.2, 0) is 9.53 Å². The highest BCUT2D eigenvalue weighted by Crippen LogP contribution is 2.37. The minimum atomic E-state index is -0.621. The van der Waals surface area contributed by atoms with E-state index in [1.54, 1.807) is 24.5 Å². The lowest BCUT2D eigenvalue weighted by Gasteiger charge is -2.24. The molecule has 2 aliphatic rings. The number of fused-ring (bicyclic) bond motifs is 2. The molecule has 1 atom stereocenters. The van der Waals surface area contributed by atoms with Crippen LogP contribution in [0.5, 0.6) is 11.5 Å². The average molecular weight is 527 g/mol. The van der Waals surface area contributed by atoms with Gasteiger partial charge in [-0.25, -0.2) is 9.79 Å². The van der Waals surface area contributed by atoms with Crippen LogP contribution in [0.4, 0.5) is 0 Å². The first-order valence-corrected chi connectivity index (χ1v) is 11.9. The third kappa shape index (κ3) is 3.81. The van der Waals surface area contributed by atoms with E-state index >= 15 is 0 Å². The number of thiazole rings is 1. The molecule has 0 radical (unpaired) electrons. The molecule has 3 aromatic rings. The molecule has 3 heterocycles. The molecule has 2 aliphatic heterocycles. The number of carbonyl (C=O) groups is 1. The van der Waals surface area contributed by atoms with E-state index in [2.05, 4.69) is 20.9 Å². The zero-order valence-corrected chi connectivity index (χ0v) is 20.2. The van der Waals surface area contributed by atoms with Gasteiger partial charge in [0.2, 0.25) is 6.79 Å². The van der Waals surface area contributed by atoms with Crippen LogP contribution in [-0.4, -0.2) is 23.9 Å². The van der Waals surface area contributed by atoms with Crippen LogP contribution >= 0.6 is 27.3 Å². The Morgan fingerprint density at radius 3 is 2.73 bits per heavy atom. The second-order valence-electron chi connectivity index (χ2n) is 7.44. The predicted octanol–water partition coefficient (Wildman–Crippen LogP) is 3.29. The summed E-state index contributed by atoms with van der Waals surface area (Å²) in [7, 11) is 0. The lowest BCUT2D eigenvalue weighted by atomic mass is 9.96. The second kappa shape index (κ2) is 8.64. The third-order valence-electron chi connectivity index (χ3n) is 5.41. The number of ether oxygens (including phenoxy) is 3. The zero-order valence-electron chi connectivity index (χ0n) is 17.8. The molecule has 1 aromatic heterocycles. The fraction of sp³-hybridized carbons (Fsp3) is 0.208. The van der Waals surface area contributed by atoms with E-state index in [-0.39, 0.29) is 19.0 Å². The fourth-order valence-corrected chi connectivity index (χ4v) is 5.40. The van der Waals surface area contributed by atoms with Crippen LogP contribution in [0.1, 0.15) is 31.0 Å². The van der Waals surface area contributed by atoms with Crippen molar-refractivity contribution in [3.05, 3.63) is 89.0 Å². The number of carbonyl (C=O) groups excluding carboxylic acids is 1. The number of hydrogen-bond acceptors (Lipinski definition) is 7. The van der Waals surface area contributed by atoms with Crippen molar-refractivity contribution >= 4 is 39.3 Å². The lowest BCUT2D eigenvalue weighted by molar-refractivity contribution is -0.139. The SMILES string of the molecule is CCOC(=O)C1=C(C)N=c2sc(=Cc3cc4c(cc3Br)OCO4)c(=O)n2C1c1ccccc1. The van der Waals surface area contributed by atoms with Crippen LogP contribution < -0.4 is 24.4 Å². The van der Waals surface area contributed by atoms with Crippen molar-refractivity contribution in [1.82, 2.24) is 4.57 Å². The first-order valence-electron chi connectivity index (χ1n) is 10.3. The van der Waals surface area contributed by atoms with Gasteiger partial charge in [-0.3, -0.25) is 9.36 Å². The highest BCUT2D eigenvalue weighted by molar-refractivity contribution is 9.10. The number of nitrogens with zero attached hydrogens (tertiary/aromatic N) is 2. The molecule has 0 spiro atoms. The normalized spacial score (nSPS) is 17.1. The van der Waals surface area contributed by atoms with Crippen molar-refractivity contribution in [2.75, 3.05) is 13.4 Å². The van der Waals surface area contributed by atoms with E-state index in [1.165, 1.54) is 11.3 Å². The van der Waals surface area contributed by atoms with Gasteiger partial charge in [0.1, 0.15) is 0 Å². The van der Waals surface area contributed by atoms with Gasteiger partial charge in [0, 0.05) is 4.47 Å². The standard InChI is InChI=1S/C24H19BrN2O5S/c1-3-30-23(29)20-13(2)26-24-27(21(20)14-7-5-4-6-8-14)22(28)19(33-24)10-15-9-17-18(11-16(15)25)32-12-31-17/h4-11,21H,3,12H2,1-2H3. The van der Waals surface area contributed by atoms with E-state index in [4.69, 9.17) is 14.2 Å². The molecule has 0 saturated heterocycles. The van der Waals surface area contributed by atoms with Crippen molar-refractivity contribution in [3.63, 3.8) is 0 Å². The number of halogens is 1. The Morgan fingerprint density at radius 1 is 1.27 bits per heavy atom. The van der Waals surface area contributed by atoms with Crippen molar-refractivity contribution in [2.24, 2.45) is 4.99 Å². The van der Waals surface area contributed by atoms with Gasteiger partial charge in [-0.15, -0.1) is 0 Å². The second-order valence-corrected chi connectivity index (χ2v) is 9.30. The van der Waals surface area contributed by atoms with Gasteiger partial charge in [-0.1, -0.05) is 57.6 Å². The summed E-state index contributed by atoms with van der Waals surface area (Å²) in [6.45, 7) is 3.93. The molecule has 0 saturated carbocycles. The topological polar surface area (TPSA) is 79.1 Å². The van der Waals surface area contributed by atoms with Crippen LogP contribution in [0.3, 0.4) is 0 Å². The molecule has 9 heteroatoms. The van der Waals surface area contributed by atoms with E-state index in [0.717, 1.165) is 15.6 Å². The van der Waals surface area contributed by atoms with Crippen molar-refractivity contribution in [2.45, 2.75) is 19.9 Å². The van der Waals surface area contributed by atoms with Gasteiger partial charge in [-0.05, 0) is 43.2 Å². The molecule has 2 aromatic carbocycles. The lowest BCUT2D eigenvalue weighted by Crippen LogP contribution is -2.39. The molecule has 7 nitrogen and oxygen atoms in total. The Kier molecular flexibility index (Phi) is 5.67. The predicted molar refractivity (Wildman–Crippen MR) is 127 cm³/mol. The minimum Gasteiger partial charge on any atom is -0.463 e. The van der Waals surface area contributed by atoms with Gasteiger partial charge >= 0.3 is 5.97 Å². The van der Waals surface area contributed by atoms with E-state index in [0.29, 0.717) is 32.1 Å². The van der Waals surface area contributed by atoms with Gasteiger partial charge in [0.25, 0.3) is 5.56 Å². The van der Waals surface area contributed by atoms with Crippen LogP contribution in [0.15, 0.2) is 68.0 Å². The molecule has 0 aliphatic carbocycles. The first-order chi connectivity index (χ1) is 16.0. The molecule has 5 rings (SSSR count). The van der Waals surface area contributed by atoms with E-state index in [1.807, 2.05) is 42.5 Å². The number of rotatable bonds is 4. The molecule has 0 fully saturated rings. The Hall–Kier alpha value is -3.17. The van der Waals surface area contributed by atoms with Gasteiger partial charge in [0.15, 0.2) is 16.3 Å². The quantitative estimate of drug-likeness (QED) is 0.487. The molecule has 1 unspecified atom stereocenters. The number of esters is 1. The summed E-state index contributed by atoms with van der Waals surface area (Å²) < 4.78 is 19.0. The Balaban J connectivity index is 1.71. The Morgan fingerprint density at radius 2 is 2.00 bits per heavy atom. The number of aromatic nitrogens is 1. The molecule has 0 N–H and O–H groups in total. The third-order valence-corrected chi connectivity index (χ3v) is 7.08. The summed E-state index contributed by atoms with van der Waals surface area (Å²) in [6.07, 6.45) is 1.79. The van der Waals surface area contributed by atoms with Crippen LogP contribution in [0.2, 0.25) is 0 Å². The van der Waals surface area contributed by atoms with Crippen molar-refractivity contribution in [1.29, 1.82) is 0 Å². The average Bonchev–Trinajstić information content (AvgIpc) is 3.37. The maximum absolute atomic E-state index is 13.6. The maximum atomic E-state index is 13.6. The smallest absolute Gasteiger partial charge is 0.338 e. The molecule has 0 amide bonds. The zero-order chi connectivity index (χ0) is 23.1. The summed E-state index contributed by atoms with van der Waals surface area (Å²) in [5, 5.41) is 0. The molecule has 33 heavy (non-hydrogen) atoms. The molecule has 168 valence electrons. The van der Waals surface area contributed by atoms with E-state index in [9.17, 15) is 9.59 Å². The summed E-state index contributed by atoms with van der Waals surface area (Å²) in [6, 6.07) is 12.5. The van der Waals surface area contributed by atoms with Crippen LogP contribution in [0.25, 0.3) is 6.08 Å². The largest absolute Gasteiger partial charge is 0.463 e. The van der Waals surface area contributed by atoms with Gasteiger partial charge < -0.3 is 14.2 Å². The summed E-state index contributed by atoms with van der Waals surface area (Å²) in [5.74, 6) is 0.805. The van der Waals surface area contributed by atoms with Gasteiger partial charge in [-0.2, -0.15) is 0 Å². The minimum absolute atomic E-state index is 0.167. The Labute approximate surface area is 201 Å². The molecular formula is C24H19BrN2O5S. The highest BCUT2D eigenvalue weighted by atomic mass is 79.9. The first kappa shape index (κ1) is 21.7. The Bertz CT molecular complexity index is 1470. The number of hydrogen-bond donors (Lipinski definition) is 0. The molecule has 0 bridgehead atoms. The number of benzene rings is 2. The van der Waals surface area contributed by atoms with Crippen molar-refractivity contribution < 1.29 is 19.0 Å². The monoisotopic (exact) mass is 526 g/mol. The van der Waals surface area contributed by atoms with Gasteiger partial charge in [0.05, 0.1) is 28.5 Å². The number of allylic oxidation sites excluding steroid dienone is 1. The summed E-state index contributed by atoms with van der Waals surface area (Å²) in [5.41, 5.74) is 2.27. The maximum Gasteiger partial charge on any atom is 0.338 e. The fourth-order valence-electron chi connectivity index (χ4n) is 3.93. The summed E-state index contributed by atoms with van der Waals surface area (Å²) >= 11 is 4.82. The molecular weight excluding hydrogens is 508 g/mol.